The summed E-state index contributed by atoms with van der Waals surface area (Å²) in [6, 6.07) is 10.6. The minimum atomic E-state index is -2.56. The summed E-state index contributed by atoms with van der Waals surface area (Å²) in [5, 5.41) is 106. The van der Waals surface area contributed by atoms with E-state index < -0.39 is 180 Å². The van der Waals surface area contributed by atoms with Gasteiger partial charge in [0, 0.05) is 115 Å². The van der Waals surface area contributed by atoms with Crippen LogP contribution < -0.4 is 0 Å². The van der Waals surface area contributed by atoms with Crippen LogP contribution in [0.3, 0.4) is 0 Å². The first-order chi connectivity index (χ1) is 63.5. The second-order valence-electron chi connectivity index (χ2n) is 39.1. The molecule has 0 aromatic heterocycles. The standard InChI is InChI=1S/C51H73NO14.C44H69NO12.C9H8O2/c1-29-21-30(2)23-43(63-6)46-44(64-7)25-32(4)51(62,66-46)47(57)48(58)52-20-9-8-13-39(52)50(61)65-45(31(3)24-35-16-19-40(54)38(26-35)28-53)33(5)41(55)27-42(56)37(22-29)12-10-11-34-14-17-36(18-15-34)49(59)60;1-9-12-31-18-25(2)17-26(3)19-37(54-7)40-38(55-8)21-28(5)44(53,57-40)41(50)42(51)45-16-11-10-13-33(45)43(52)56-39(29(6)35(48)23-36(31)49)27(4)20-30-14-15-34(47)32(22-30)24-46;1-2-7-3-5-8(6-4-7)9(10)11/h10-11,14-15,17-18,22,24,30,32-33,35,37-41,43-46,53-55,62H,8-9,12-13,16,19-21,23,25-28H2,1-7H3,(H,59,60);9,18,20,26,28-35,37-40,46-48,53H,1,10-17,19,21-24H2,2-8H3;2-6H,1H2,(H,10,11)/b11-10+,29-22+,31-24+;25-18+,27-20+;/t30-,32+,33+,35?,37?,38-,39?,40+,41-,43-,44-,45+,46?,51+;26-,28+,29+,30?,31?,32-,33?,34+,35-,37-,38-,39+,40?,44+;/m00./s1. The third-order valence-corrected chi connectivity index (χ3v) is 28.8. The molecule has 0 spiro atoms. The number of carboxylic acids is 2. The molecule has 6 fully saturated rings. The number of hydrogen-bond acceptors (Lipinski definition) is 26. The minimum absolute atomic E-state index is 0.00385. The van der Waals surface area contributed by atoms with Gasteiger partial charge in [0.25, 0.3) is 23.4 Å². The molecule has 6 aliphatic heterocycles. The van der Waals surface area contributed by atoms with E-state index in [0.717, 1.165) is 27.2 Å². The summed E-state index contributed by atoms with van der Waals surface area (Å²) in [6.07, 6.45) is 12.8. The molecule has 2 amide bonds. The number of esters is 2. The van der Waals surface area contributed by atoms with Crippen LogP contribution in [0.25, 0.3) is 12.2 Å². The SMILES string of the molecule is C=CCC1/C=C(\C)C[C@H](C)C[C@H](OC)C2O[C@@](O)(C(=O)C(=O)N3CCCCC3C(=O)O[C@H](/C(C)=C/C3CC[C@@H](O)[C@H](CO)C3)[C@H](C)[C@@H](O)CC1=O)[C@H](C)C[C@@H]2OC.C=Cc1ccc(C(=O)O)cc1.CO[C@H]1C[C@@H](C)C/C(C)=C/C(C/C=C/c2ccc(C(=O)O)cc2)C(=O)C[C@H](O)[C@@H](C)[C@@H](/C(C)=C/C2CC[C@@H](O)[C@H](CO)C2)OC(=O)C2CCCCN2C(=O)C(=O)[C@]2(O)OC1[C@@H](OC)C[C@H]2C. The van der Waals surface area contributed by atoms with Crippen LogP contribution in [-0.4, -0.2) is 271 Å². The number of aromatic carboxylic acids is 2. The third-order valence-electron chi connectivity index (χ3n) is 28.8. The molecule has 2 aromatic carbocycles. The van der Waals surface area contributed by atoms with Gasteiger partial charge >= 0.3 is 23.9 Å². The first-order valence-corrected chi connectivity index (χ1v) is 47.8. The lowest BCUT2D eigenvalue weighted by Crippen LogP contribution is -2.64. The van der Waals surface area contributed by atoms with Gasteiger partial charge in [0.2, 0.25) is 11.6 Å². The van der Waals surface area contributed by atoms with Gasteiger partial charge in [-0.2, -0.15) is 0 Å². The summed E-state index contributed by atoms with van der Waals surface area (Å²) in [5.41, 5.74) is 5.18. The van der Waals surface area contributed by atoms with Crippen LogP contribution in [0.2, 0.25) is 0 Å². The second-order valence-corrected chi connectivity index (χ2v) is 39.1. The highest BCUT2D eigenvalue weighted by Crippen LogP contribution is 2.44. The molecule has 30 heteroatoms. The number of carbonyl (C=O) groups excluding carboxylic acids is 8. The maximum Gasteiger partial charge on any atom is 0.335 e. The molecular formula is C104H150N2O28. The second kappa shape index (κ2) is 51.8. The number of carbonyl (C=O) groups is 10. The molecular weight excluding hydrogens is 1730 g/mol. The number of aliphatic hydroxyl groups excluding tert-OH is 6. The number of rotatable bonds is 18. The van der Waals surface area contributed by atoms with Crippen LogP contribution in [-0.2, 0) is 76.3 Å². The lowest BCUT2D eigenvalue weighted by molar-refractivity contribution is -0.302. The van der Waals surface area contributed by atoms with Gasteiger partial charge in [-0.1, -0.05) is 132 Å². The Morgan fingerprint density at radius 3 is 1.20 bits per heavy atom. The Hall–Kier alpha value is -8.44. The number of ketones is 4. The Balaban J connectivity index is 0.000000297. The highest BCUT2D eigenvalue weighted by atomic mass is 16.7. The molecule has 10 N–H and O–H groups in total. The molecule has 2 aliphatic carbocycles. The number of carboxylic acid groups (broad SMARTS) is 2. The quantitative estimate of drug-likeness (QED) is 0.0376. The number of piperidine rings is 2. The fourth-order valence-corrected chi connectivity index (χ4v) is 20.7. The van der Waals surface area contributed by atoms with Gasteiger partial charge in [0.1, 0.15) is 48.1 Å². The van der Waals surface area contributed by atoms with Crippen LogP contribution in [0, 0.1) is 71.0 Å². The predicted molar refractivity (Wildman–Crippen MR) is 500 cm³/mol. The smallest absolute Gasteiger partial charge is 0.335 e. The molecule has 744 valence electrons. The number of allylic oxidation sites excluding steroid dienone is 8. The first kappa shape index (κ1) is 111. The minimum Gasteiger partial charge on any atom is -0.478 e. The van der Waals surface area contributed by atoms with Gasteiger partial charge in [-0.05, 0) is 226 Å². The van der Waals surface area contributed by atoms with Crippen molar-refractivity contribution in [1.29, 1.82) is 0 Å². The molecule has 134 heavy (non-hydrogen) atoms. The number of aliphatic hydroxyl groups is 8. The molecule has 4 bridgehead atoms. The van der Waals surface area contributed by atoms with E-state index >= 15 is 0 Å². The van der Waals surface area contributed by atoms with Gasteiger partial charge in [-0.15, -0.1) is 6.58 Å². The number of cyclic esters (lactones) is 2. The zero-order valence-electron chi connectivity index (χ0n) is 80.8. The maximum atomic E-state index is 14.5. The maximum absolute atomic E-state index is 14.5. The predicted octanol–water partition coefficient (Wildman–Crippen LogP) is 11.7. The van der Waals surface area contributed by atoms with Crippen molar-refractivity contribution in [2.24, 2.45) is 71.0 Å². The molecule has 6 heterocycles. The van der Waals surface area contributed by atoms with E-state index in [4.69, 9.17) is 43.0 Å². The fourth-order valence-electron chi connectivity index (χ4n) is 20.7. The number of fused-ring (bicyclic) bond motifs is 6. The highest BCUT2D eigenvalue weighted by Gasteiger charge is 2.59. The number of benzene rings is 2. The molecule has 2 aromatic rings. The Kier molecular flexibility index (Phi) is 42.9. The average Bonchev–Trinajstić information content (AvgIpc) is 0.790. The highest BCUT2D eigenvalue weighted by molar-refractivity contribution is 6.39. The van der Waals surface area contributed by atoms with Crippen LogP contribution in [0.15, 0.2) is 120 Å². The molecule has 2 saturated carbocycles. The molecule has 28 atom stereocenters. The van der Waals surface area contributed by atoms with E-state index in [1.165, 1.54) is 45.5 Å². The van der Waals surface area contributed by atoms with Crippen LogP contribution >= 0.6 is 0 Å². The Bertz CT molecular complexity index is 4460. The van der Waals surface area contributed by atoms with Crippen molar-refractivity contribution in [2.75, 3.05) is 54.7 Å². The number of methoxy groups -OCH3 is 4. The number of ether oxygens (including phenoxy) is 8. The van der Waals surface area contributed by atoms with Crippen molar-refractivity contribution in [3.05, 3.63) is 143 Å². The van der Waals surface area contributed by atoms with Crippen molar-refractivity contribution in [1.82, 2.24) is 9.80 Å². The monoisotopic (exact) mass is 1880 g/mol. The number of hydrogen-bond donors (Lipinski definition) is 10. The van der Waals surface area contributed by atoms with Crippen molar-refractivity contribution in [3.63, 3.8) is 0 Å². The molecule has 30 nitrogen and oxygen atoms in total. The van der Waals surface area contributed by atoms with E-state index in [0.29, 0.717) is 113 Å². The van der Waals surface area contributed by atoms with Crippen molar-refractivity contribution < 1.29 is 137 Å². The van der Waals surface area contributed by atoms with Gasteiger partial charge in [-0.25, -0.2) is 19.2 Å². The van der Waals surface area contributed by atoms with Gasteiger partial charge in [0.05, 0.1) is 60.0 Å². The van der Waals surface area contributed by atoms with E-state index in [1.54, 1.807) is 90.1 Å². The number of amides is 2. The molecule has 10 rings (SSSR count). The first-order valence-electron chi connectivity index (χ1n) is 47.8. The lowest BCUT2D eigenvalue weighted by atomic mass is 9.78. The zero-order chi connectivity index (χ0) is 98.9. The van der Waals surface area contributed by atoms with Gasteiger partial charge in [0.15, 0.2) is 0 Å². The van der Waals surface area contributed by atoms with E-state index in [9.17, 15) is 93.9 Å². The Morgan fingerprint density at radius 2 is 0.851 bits per heavy atom. The molecule has 8 unspecified atom stereocenters. The van der Waals surface area contributed by atoms with E-state index in [1.807, 2.05) is 64.2 Å². The van der Waals surface area contributed by atoms with Crippen LogP contribution in [0.1, 0.15) is 242 Å². The van der Waals surface area contributed by atoms with E-state index in [-0.39, 0.29) is 124 Å². The summed E-state index contributed by atoms with van der Waals surface area (Å²) in [7, 11) is 6.06. The third kappa shape index (κ3) is 29.1. The summed E-state index contributed by atoms with van der Waals surface area (Å²) >= 11 is 0. The van der Waals surface area contributed by atoms with Crippen LogP contribution in [0.4, 0.5) is 0 Å². The van der Waals surface area contributed by atoms with Crippen molar-refractivity contribution in [2.45, 2.75) is 307 Å². The Morgan fingerprint density at radius 1 is 0.485 bits per heavy atom. The zero-order valence-corrected chi connectivity index (χ0v) is 80.8. The van der Waals surface area contributed by atoms with E-state index in [2.05, 4.69) is 13.2 Å². The summed E-state index contributed by atoms with van der Waals surface area (Å²) in [5.74, 6) is -18.9. The van der Waals surface area contributed by atoms with Crippen molar-refractivity contribution in [3.8, 4) is 0 Å². The largest absolute Gasteiger partial charge is 0.478 e. The fraction of sp³-hybridized carbons (Fsp3) is 0.654. The van der Waals surface area contributed by atoms with Gasteiger partial charge in [-0.3, -0.25) is 28.8 Å². The summed E-state index contributed by atoms with van der Waals surface area (Å²) < 4.78 is 48.6. The van der Waals surface area contributed by atoms with Gasteiger partial charge < -0.3 is 98.8 Å². The van der Waals surface area contributed by atoms with Crippen molar-refractivity contribution >= 4 is 71.0 Å². The lowest BCUT2D eigenvalue weighted by Gasteiger charge is -2.47. The summed E-state index contributed by atoms with van der Waals surface area (Å²) in [4.78, 5) is 138. The normalized spacial score (nSPS) is 36.4. The molecule has 8 aliphatic rings. The van der Waals surface area contributed by atoms with Crippen LogP contribution in [0.5, 0.6) is 0 Å². The molecule has 4 saturated heterocycles. The Labute approximate surface area is 789 Å². The topological polar surface area (TPSA) is 453 Å². The number of nitrogens with zero attached hydrogens (tertiary/aromatic N) is 2. The number of Topliss-reactive ketones (excluding diaryl/α,β-unsaturated/α-hetero) is 4. The average molecular weight is 1880 g/mol. The molecule has 0 radical (unpaired) electrons. The summed E-state index contributed by atoms with van der Waals surface area (Å²) in [6.45, 7) is 25.3.